The van der Waals surface area contributed by atoms with Crippen molar-refractivity contribution in [2.24, 2.45) is 0 Å². The number of rotatable bonds is 5. The number of anilines is 1. The average Bonchev–Trinajstić information content (AvgIpc) is 3.18. The maximum absolute atomic E-state index is 13.5. The molecule has 1 aromatic carbocycles. The highest BCUT2D eigenvalue weighted by molar-refractivity contribution is 7.99. The molecule has 2 aromatic heterocycles. The number of amides is 1. The molecule has 112 valence electrons. The SMILES string of the molecule is O=C(CSc1nncn1-n1cccc1)Nc1ccccc1F. The van der Waals surface area contributed by atoms with Crippen molar-refractivity contribution in [1.82, 2.24) is 19.5 Å². The Morgan fingerprint density at radius 3 is 2.77 bits per heavy atom. The van der Waals surface area contributed by atoms with Crippen LogP contribution in [0.1, 0.15) is 0 Å². The third kappa shape index (κ3) is 3.17. The van der Waals surface area contributed by atoms with Crippen LogP contribution in [0.2, 0.25) is 0 Å². The number of aromatic nitrogens is 4. The van der Waals surface area contributed by atoms with Gasteiger partial charge < -0.3 is 5.32 Å². The Morgan fingerprint density at radius 1 is 1.23 bits per heavy atom. The molecule has 0 fully saturated rings. The minimum Gasteiger partial charge on any atom is -0.323 e. The Labute approximate surface area is 129 Å². The molecule has 2 heterocycles. The van der Waals surface area contributed by atoms with Crippen molar-refractivity contribution in [2.45, 2.75) is 5.16 Å². The number of hydrogen-bond donors (Lipinski definition) is 1. The smallest absolute Gasteiger partial charge is 0.234 e. The zero-order valence-electron chi connectivity index (χ0n) is 11.4. The van der Waals surface area contributed by atoms with Gasteiger partial charge in [0.05, 0.1) is 11.4 Å². The summed E-state index contributed by atoms with van der Waals surface area (Å²) < 4.78 is 17.0. The van der Waals surface area contributed by atoms with E-state index >= 15 is 0 Å². The van der Waals surface area contributed by atoms with Crippen LogP contribution in [-0.2, 0) is 4.79 Å². The van der Waals surface area contributed by atoms with E-state index in [1.807, 2.05) is 24.5 Å². The van der Waals surface area contributed by atoms with E-state index in [2.05, 4.69) is 15.5 Å². The van der Waals surface area contributed by atoms with E-state index in [1.54, 1.807) is 27.8 Å². The van der Waals surface area contributed by atoms with Crippen LogP contribution in [0.5, 0.6) is 0 Å². The first kappa shape index (κ1) is 14.3. The van der Waals surface area contributed by atoms with Crippen molar-refractivity contribution >= 4 is 23.4 Å². The Hall–Kier alpha value is -2.61. The lowest BCUT2D eigenvalue weighted by Crippen LogP contribution is -2.16. The van der Waals surface area contributed by atoms with Gasteiger partial charge in [-0.3, -0.25) is 9.47 Å². The molecule has 6 nitrogen and oxygen atoms in total. The van der Waals surface area contributed by atoms with Gasteiger partial charge in [0.1, 0.15) is 12.1 Å². The van der Waals surface area contributed by atoms with Crippen LogP contribution in [0.4, 0.5) is 10.1 Å². The highest BCUT2D eigenvalue weighted by atomic mass is 32.2. The molecule has 0 atom stereocenters. The van der Waals surface area contributed by atoms with E-state index in [1.165, 1.54) is 23.9 Å². The number of para-hydroxylation sites is 1. The number of nitrogens with zero attached hydrogens (tertiary/aromatic N) is 4. The molecule has 0 aliphatic rings. The van der Waals surface area contributed by atoms with Gasteiger partial charge in [-0.1, -0.05) is 23.9 Å². The number of carbonyl (C=O) groups is 1. The number of thioether (sulfide) groups is 1. The van der Waals surface area contributed by atoms with E-state index in [-0.39, 0.29) is 17.3 Å². The standard InChI is InChI=1S/C14H12FN5OS/c15-11-5-1-2-6-12(11)17-13(21)9-22-14-18-16-10-20(14)19-7-3-4-8-19/h1-8,10H,9H2,(H,17,21). The van der Waals surface area contributed by atoms with E-state index in [0.717, 1.165) is 0 Å². The minimum absolute atomic E-state index is 0.105. The molecular formula is C14H12FN5OS. The van der Waals surface area contributed by atoms with Gasteiger partial charge in [-0.15, -0.1) is 10.2 Å². The van der Waals surface area contributed by atoms with Crippen molar-refractivity contribution in [3.8, 4) is 0 Å². The number of carbonyl (C=O) groups excluding carboxylic acids is 1. The van der Waals surface area contributed by atoms with Gasteiger partial charge in [-0.25, -0.2) is 9.07 Å². The number of halogens is 1. The van der Waals surface area contributed by atoms with Crippen LogP contribution < -0.4 is 5.32 Å². The van der Waals surface area contributed by atoms with Crippen LogP contribution >= 0.6 is 11.8 Å². The van der Waals surface area contributed by atoms with Gasteiger partial charge in [0.25, 0.3) is 0 Å². The first-order chi connectivity index (χ1) is 10.7. The fourth-order valence-corrected chi connectivity index (χ4v) is 2.53. The van der Waals surface area contributed by atoms with Crippen molar-refractivity contribution < 1.29 is 9.18 Å². The molecule has 0 unspecified atom stereocenters. The summed E-state index contributed by atoms with van der Waals surface area (Å²) in [5.41, 5.74) is 0.167. The number of benzene rings is 1. The zero-order valence-corrected chi connectivity index (χ0v) is 12.2. The Kier molecular flexibility index (Phi) is 4.19. The highest BCUT2D eigenvalue weighted by Gasteiger charge is 2.11. The summed E-state index contributed by atoms with van der Waals surface area (Å²) in [6.07, 6.45) is 5.23. The summed E-state index contributed by atoms with van der Waals surface area (Å²) in [5, 5.41) is 10.9. The predicted molar refractivity (Wildman–Crippen MR) is 81.0 cm³/mol. The van der Waals surface area contributed by atoms with Crippen LogP contribution in [0.15, 0.2) is 60.3 Å². The first-order valence-electron chi connectivity index (χ1n) is 6.45. The molecule has 0 spiro atoms. The Morgan fingerprint density at radius 2 is 2.00 bits per heavy atom. The van der Waals surface area contributed by atoms with Crippen LogP contribution in [0.25, 0.3) is 0 Å². The summed E-state index contributed by atoms with van der Waals surface area (Å²) >= 11 is 1.22. The van der Waals surface area contributed by atoms with Crippen molar-refractivity contribution in [2.75, 3.05) is 11.1 Å². The second-order valence-electron chi connectivity index (χ2n) is 4.34. The first-order valence-corrected chi connectivity index (χ1v) is 7.43. The van der Waals surface area contributed by atoms with E-state index < -0.39 is 5.82 Å². The second-order valence-corrected chi connectivity index (χ2v) is 5.28. The zero-order chi connectivity index (χ0) is 15.4. The summed E-state index contributed by atoms with van der Waals surface area (Å²) in [6, 6.07) is 9.79. The molecule has 0 aliphatic carbocycles. The van der Waals surface area contributed by atoms with Gasteiger partial charge in [0.15, 0.2) is 0 Å². The molecule has 0 bridgehead atoms. The van der Waals surface area contributed by atoms with Gasteiger partial charge in [-0.05, 0) is 24.3 Å². The van der Waals surface area contributed by atoms with Gasteiger partial charge in [-0.2, -0.15) is 0 Å². The quantitative estimate of drug-likeness (QED) is 0.733. The highest BCUT2D eigenvalue weighted by Crippen LogP contribution is 2.17. The molecule has 1 N–H and O–H groups in total. The molecule has 0 radical (unpaired) electrons. The van der Waals surface area contributed by atoms with Gasteiger partial charge in [0, 0.05) is 12.4 Å². The molecule has 3 rings (SSSR count). The molecule has 0 aliphatic heterocycles. The lowest BCUT2D eigenvalue weighted by molar-refractivity contribution is -0.113. The third-order valence-corrected chi connectivity index (χ3v) is 3.75. The topological polar surface area (TPSA) is 64.7 Å². The lowest BCUT2D eigenvalue weighted by Gasteiger charge is -2.08. The fourth-order valence-electron chi connectivity index (χ4n) is 1.82. The third-order valence-electron chi connectivity index (χ3n) is 2.82. The molecule has 22 heavy (non-hydrogen) atoms. The maximum Gasteiger partial charge on any atom is 0.234 e. The van der Waals surface area contributed by atoms with Crippen LogP contribution in [-0.4, -0.2) is 31.2 Å². The molecule has 1 amide bonds. The molecule has 3 aromatic rings. The molecular weight excluding hydrogens is 305 g/mol. The largest absolute Gasteiger partial charge is 0.323 e. The summed E-state index contributed by atoms with van der Waals surface area (Å²) in [4.78, 5) is 11.9. The fraction of sp³-hybridized carbons (Fsp3) is 0.0714. The van der Waals surface area contributed by atoms with Crippen LogP contribution in [0, 0.1) is 5.82 Å². The minimum atomic E-state index is -0.462. The average molecular weight is 317 g/mol. The van der Waals surface area contributed by atoms with Crippen molar-refractivity contribution in [3.63, 3.8) is 0 Å². The van der Waals surface area contributed by atoms with Crippen LogP contribution in [0.3, 0.4) is 0 Å². The molecule has 8 heteroatoms. The van der Waals surface area contributed by atoms with E-state index in [9.17, 15) is 9.18 Å². The normalized spacial score (nSPS) is 10.6. The molecule has 0 saturated heterocycles. The van der Waals surface area contributed by atoms with Crippen molar-refractivity contribution in [3.05, 3.63) is 60.9 Å². The van der Waals surface area contributed by atoms with Gasteiger partial charge in [0.2, 0.25) is 11.1 Å². The lowest BCUT2D eigenvalue weighted by atomic mass is 10.3. The van der Waals surface area contributed by atoms with Gasteiger partial charge >= 0.3 is 0 Å². The summed E-state index contributed by atoms with van der Waals surface area (Å²) in [5.74, 6) is -0.664. The summed E-state index contributed by atoms with van der Waals surface area (Å²) in [7, 11) is 0. The maximum atomic E-state index is 13.5. The second kappa shape index (κ2) is 6.44. The molecule has 0 saturated carbocycles. The van der Waals surface area contributed by atoms with E-state index in [4.69, 9.17) is 0 Å². The van der Waals surface area contributed by atoms with Crippen molar-refractivity contribution in [1.29, 1.82) is 0 Å². The Bertz CT molecular complexity index is 771. The number of hydrogen-bond acceptors (Lipinski definition) is 4. The number of nitrogens with one attached hydrogen (secondary N) is 1. The predicted octanol–water partition coefficient (Wildman–Crippen LogP) is 2.26. The summed E-state index contributed by atoms with van der Waals surface area (Å²) in [6.45, 7) is 0. The monoisotopic (exact) mass is 317 g/mol. The van der Waals surface area contributed by atoms with E-state index in [0.29, 0.717) is 5.16 Å². The Balaban J connectivity index is 1.63.